The molecule has 18 heavy (non-hydrogen) atoms. The molecule has 0 unspecified atom stereocenters. The van der Waals surface area contributed by atoms with Crippen LogP contribution in [0, 0.1) is 11.6 Å². The molecule has 4 heteroatoms. The van der Waals surface area contributed by atoms with Crippen LogP contribution in [0.15, 0.2) is 18.5 Å². The molecule has 3 nitrogen and oxygen atoms in total. The Morgan fingerprint density at radius 1 is 1.28 bits per heavy atom. The van der Waals surface area contributed by atoms with E-state index < -0.39 is 0 Å². The Balaban J connectivity index is 2.17. The van der Waals surface area contributed by atoms with E-state index in [2.05, 4.69) is 21.9 Å². The minimum atomic E-state index is 0.752. The van der Waals surface area contributed by atoms with Gasteiger partial charge >= 0.3 is 0 Å². The van der Waals surface area contributed by atoms with Gasteiger partial charge in [0.05, 0.1) is 0 Å². The normalized spacial score (nSPS) is 14.3. The van der Waals surface area contributed by atoms with E-state index in [1.54, 1.807) is 6.20 Å². The van der Waals surface area contributed by atoms with Gasteiger partial charge in [-0.3, -0.25) is 4.98 Å². The Morgan fingerprint density at radius 2 is 2.11 bits per heavy atom. The molecule has 0 saturated carbocycles. The monoisotopic (exact) mass is 257 g/mol. The molecule has 0 saturated heterocycles. The molecule has 0 aromatic carbocycles. The molecule has 2 aromatic heterocycles. The van der Waals surface area contributed by atoms with E-state index in [0.29, 0.717) is 0 Å². The summed E-state index contributed by atoms with van der Waals surface area (Å²) in [6.45, 7) is 2.06. The van der Waals surface area contributed by atoms with Crippen LogP contribution in [0.5, 0.6) is 0 Å². The molecule has 1 N–H and O–H groups in total. The van der Waals surface area contributed by atoms with E-state index >= 15 is 0 Å². The third-order valence-corrected chi connectivity index (χ3v) is 3.84. The van der Waals surface area contributed by atoms with Crippen LogP contribution in [-0.2, 0) is 12.8 Å². The fraction of sp³-hybridized carbons (Fsp3) is 0.357. The first-order valence-corrected chi connectivity index (χ1v) is 6.69. The van der Waals surface area contributed by atoms with E-state index in [1.165, 1.54) is 29.7 Å². The second-order valence-corrected chi connectivity index (χ2v) is 5.13. The van der Waals surface area contributed by atoms with Crippen molar-refractivity contribution in [2.24, 2.45) is 0 Å². The highest BCUT2D eigenvalue weighted by atomic mass is 32.1. The summed E-state index contributed by atoms with van der Waals surface area (Å²) < 4.78 is 0.752. The van der Waals surface area contributed by atoms with E-state index in [0.717, 1.165) is 28.9 Å². The highest BCUT2D eigenvalue weighted by Gasteiger charge is 2.14. The SMILES string of the molecule is Cc1ccncc1-c1nc(=S)c2c([nH]1)CCCC2. The van der Waals surface area contributed by atoms with Crippen molar-refractivity contribution in [2.45, 2.75) is 32.6 Å². The zero-order chi connectivity index (χ0) is 12.5. The summed E-state index contributed by atoms with van der Waals surface area (Å²) in [5.41, 5.74) is 4.71. The van der Waals surface area contributed by atoms with Gasteiger partial charge in [0.25, 0.3) is 0 Å². The molecule has 0 radical (unpaired) electrons. The van der Waals surface area contributed by atoms with Crippen LogP contribution in [0.2, 0.25) is 0 Å². The van der Waals surface area contributed by atoms with Gasteiger partial charge in [0, 0.05) is 29.2 Å². The zero-order valence-corrected chi connectivity index (χ0v) is 11.2. The number of H-pyrrole nitrogens is 1. The molecule has 2 aromatic rings. The number of aromatic nitrogens is 3. The quantitative estimate of drug-likeness (QED) is 0.796. The van der Waals surface area contributed by atoms with Crippen LogP contribution >= 0.6 is 12.2 Å². The molecule has 0 aliphatic heterocycles. The van der Waals surface area contributed by atoms with Crippen LogP contribution in [0.1, 0.15) is 29.7 Å². The number of hydrogen-bond donors (Lipinski definition) is 1. The van der Waals surface area contributed by atoms with Gasteiger partial charge in [-0.2, -0.15) is 0 Å². The topological polar surface area (TPSA) is 41.6 Å². The maximum Gasteiger partial charge on any atom is 0.140 e. The smallest absolute Gasteiger partial charge is 0.140 e. The molecular formula is C14H15N3S. The first-order valence-electron chi connectivity index (χ1n) is 6.29. The largest absolute Gasteiger partial charge is 0.343 e. The fourth-order valence-electron chi connectivity index (χ4n) is 2.46. The molecule has 0 amide bonds. The summed E-state index contributed by atoms with van der Waals surface area (Å²) in [7, 11) is 0. The molecule has 92 valence electrons. The lowest BCUT2D eigenvalue weighted by Gasteiger charge is -2.16. The van der Waals surface area contributed by atoms with Crippen LogP contribution < -0.4 is 0 Å². The Hall–Kier alpha value is -1.55. The number of rotatable bonds is 1. The van der Waals surface area contributed by atoms with Gasteiger partial charge in [0.1, 0.15) is 10.5 Å². The third-order valence-electron chi connectivity index (χ3n) is 3.50. The minimum Gasteiger partial charge on any atom is -0.343 e. The lowest BCUT2D eigenvalue weighted by Crippen LogP contribution is -2.09. The predicted octanol–water partition coefficient (Wildman–Crippen LogP) is 3.39. The summed E-state index contributed by atoms with van der Waals surface area (Å²) >= 11 is 5.42. The van der Waals surface area contributed by atoms with Gasteiger partial charge in [-0.25, -0.2) is 4.98 Å². The van der Waals surface area contributed by atoms with Crippen LogP contribution in [0.4, 0.5) is 0 Å². The lowest BCUT2D eigenvalue weighted by molar-refractivity contribution is 0.661. The molecular weight excluding hydrogens is 242 g/mol. The number of pyridine rings is 1. The molecule has 0 spiro atoms. The second-order valence-electron chi connectivity index (χ2n) is 4.75. The Bertz CT molecular complexity index is 646. The summed E-state index contributed by atoms with van der Waals surface area (Å²) in [6.07, 6.45) is 8.23. The van der Waals surface area contributed by atoms with Crippen molar-refractivity contribution in [2.75, 3.05) is 0 Å². The number of aryl methyl sites for hydroxylation is 2. The van der Waals surface area contributed by atoms with Gasteiger partial charge in [0.15, 0.2) is 0 Å². The van der Waals surface area contributed by atoms with Crippen molar-refractivity contribution in [1.82, 2.24) is 15.0 Å². The minimum absolute atomic E-state index is 0.752. The van der Waals surface area contributed by atoms with Crippen molar-refractivity contribution >= 4 is 12.2 Å². The van der Waals surface area contributed by atoms with E-state index in [1.807, 2.05) is 12.3 Å². The Labute approximate surface area is 111 Å². The maximum absolute atomic E-state index is 5.42. The summed E-state index contributed by atoms with van der Waals surface area (Å²) in [5.74, 6) is 0.853. The lowest BCUT2D eigenvalue weighted by atomic mass is 9.97. The number of fused-ring (bicyclic) bond motifs is 1. The number of nitrogens with zero attached hydrogens (tertiary/aromatic N) is 2. The molecule has 0 bridgehead atoms. The predicted molar refractivity (Wildman–Crippen MR) is 74.0 cm³/mol. The molecule has 1 aliphatic carbocycles. The van der Waals surface area contributed by atoms with Gasteiger partial charge in [0.2, 0.25) is 0 Å². The summed E-state index contributed by atoms with van der Waals surface area (Å²) in [5, 5.41) is 0. The van der Waals surface area contributed by atoms with Crippen LogP contribution in [-0.4, -0.2) is 15.0 Å². The molecule has 3 rings (SSSR count). The van der Waals surface area contributed by atoms with Crippen molar-refractivity contribution in [3.05, 3.63) is 39.9 Å². The standard InChI is InChI=1S/C14H15N3S/c1-9-6-7-15-8-11(9)13-16-12-5-3-2-4-10(12)14(18)17-13/h6-8H,2-5H2,1H3,(H,16,17,18). The first-order chi connectivity index (χ1) is 8.75. The first kappa shape index (κ1) is 11.5. The van der Waals surface area contributed by atoms with Gasteiger partial charge in [-0.1, -0.05) is 12.2 Å². The van der Waals surface area contributed by atoms with E-state index in [9.17, 15) is 0 Å². The van der Waals surface area contributed by atoms with Gasteiger partial charge < -0.3 is 4.98 Å². The molecule has 1 aliphatic rings. The highest BCUT2D eigenvalue weighted by molar-refractivity contribution is 7.71. The summed E-state index contributed by atoms with van der Waals surface area (Å²) in [4.78, 5) is 12.2. The van der Waals surface area contributed by atoms with Crippen molar-refractivity contribution in [3.63, 3.8) is 0 Å². The molecule has 0 atom stereocenters. The van der Waals surface area contributed by atoms with Crippen LogP contribution in [0.25, 0.3) is 11.4 Å². The van der Waals surface area contributed by atoms with Crippen molar-refractivity contribution in [3.8, 4) is 11.4 Å². The van der Waals surface area contributed by atoms with E-state index in [-0.39, 0.29) is 0 Å². The highest BCUT2D eigenvalue weighted by Crippen LogP contribution is 2.24. The second kappa shape index (κ2) is 4.61. The Morgan fingerprint density at radius 3 is 2.94 bits per heavy atom. The Kier molecular flexibility index (Phi) is 2.96. The molecule has 0 fully saturated rings. The zero-order valence-electron chi connectivity index (χ0n) is 10.4. The van der Waals surface area contributed by atoms with E-state index in [4.69, 9.17) is 12.2 Å². The number of nitrogens with one attached hydrogen (secondary N) is 1. The van der Waals surface area contributed by atoms with Crippen molar-refractivity contribution < 1.29 is 0 Å². The maximum atomic E-state index is 5.42. The fourth-order valence-corrected chi connectivity index (χ4v) is 2.78. The average Bonchev–Trinajstić information content (AvgIpc) is 2.39. The number of hydrogen-bond acceptors (Lipinski definition) is 3. The number of aromatic amines is 1. The summed E-state index contributed by atoms with van der Waals surface area (Å²) in [6, 6.07) is 1.99. The molecule has 2 heterocycles. The van der Waals surface area contributed by atoms with Gasteiger partial charge in [-0.15, -0.1) is 0 Å². The van der Waals surface area contributed by atoms with Crippen LogP contribution in [0.3, 0.4) is 0 Å². The van der Waals surface area contributed by atoms with Gasteiger partial charge in [-0.05, 0) is 44.2 Å². The average molecular weight is 257 g/mol. The van der Waals surface area contributed by atoms with Crippen molar-refractivity contribution in [1.29, 1.82) is 0 Å². The third kappa shape index (κ3) is 1.97.